The van der Waals surface area contributed by atoms with Crippen molar-refractivity contribution >= 4 is 39.6 Å². The van der Waals surface area contributed by atoms with E-state index in [4.69, 9.17) is 9.15 Å². The molecule has 0 aliphatic carbocycles. The first kappa shape index (κ1) is 19.5. The third-order valence-corrected chi connectivity index (χ3v) is 5.17. The molecule has 0 saturated carbocycles. The van der Waals surface area contributed by atoms with E-state index < -0.39 is 0 Å². The molecule has 3 aromatic carbocycles. The van der Waals surface area contributed by atoms with Crippen LogP contribution < -0.4 is 15.5 Å². The van der Waals surface area contributed by atoms with Crippen LogP contribution in [-0.4, -0.2) is 13.0 Å². The molecule has 0 aliphatic rings. The molecule has 0 radical (unpaired) electrons. The largest absolute Gasteiger partial charge is 0.497 e. The Labute approximate surface area is 173 Å². The van der Waals surface area contributed by atoms with E-state index in [-0.39, 0.29) is 11.3 Å². The predicted molar refractivity (Wildman–Crippen MR) is 120 cm³/mol. The first-order chi connectivity index (χ1) is 14.5. The normalized spacial score (nSPS) is 11.3. The van der Waals surface area contributed by atoms with Crippen molar-refractivity contribution in [2.24, 2.45) is 0 Å². The molecular weight excluding hydrogens is 378 g/mol. The average molecular weight is 399 g/mol. The number of carbonyl (C=O) groups is 1. The van der Waals surface area contributed by atoms with Gasteiger partial charge in [0, 0.05) is 17.8 Å². The Morgan fingerprint density at radius 2 is 1.73 bits per heavy atom. The van der Waals surface area contributed by atoms with E-state index in [9.17, 15) is 9.59 Å². The van der Waals surface area contributed by atoms with Crippen LogP contribution in [0.2, 0.25) is 0 Å². The fourth-order valence-corrected chi connectivity index (χ4v) is 3.30. The quantitative estimate of drug-likeness (QED) is 0.377. The number of aryl methyl sites for hydroxylation is 2. The van der Waals surface area contributed by atoms with Crippen molar-refractivity contribution in [1.82, 2.24) is 0 Å². The van der Waals surface area contributed by atoms with Crippen LogP contribution in [0.25, 0.3) is 28.0 Å². The van der Waals surface area contributed by atoms with Crippen LogP contribution in [-0.2, 0) is 4.79 Å². The van der Waals surface area contributed by atoms with Gasteiger partial charge in [0.2, 0.25) is 11.3 Å². The molecule has 0 fully saturated rings. The van der Waals surface area contributed by atoms with E-state index in [0.29, 0.717) is 27.6 Å². The fraction of sp³-hybridized carbons (Fsp3) is 0.120. The van der Waals surface area contributed by atoms with E-state index in [1.54, 1.807) is 37.5 Å². The van der Waals surface area contributed by atoms with Gasteiger partial charge in [-0.3, -0.25) is 9.59 Å². The second kappa shape index (κ2) is 7.87. The smallest absolute Gasteiger partial charge is 0.248 e. The molecule has 1 aromatic heterocycles. The first-order valence-corrected chi connectivity index (χ1v) is 9.56. The standard InChI is InChI=1S/C25H21NO4/c1-15-4-11-21-24(28)20-12-8-18(14-22(20)30-25(21)16(15)2)26-23(27)13-7-17-5-9-19(29-3)10-6-17/h4-14H,1-3H3,(H,26,27)/b13-7+. The number of fused-ring (bicyclic) bond motifs is 2. The summed E-state index contributed by atoms with van der Waals surface area (Å²) in [6, 6.07) is 16.2. The van der Waals surface area contributed by atoms with Crippen molar-refractivity contribution in [2.45, 2.75) is 13.8 Å². The van der Waals surface area contributed by atoms with Gasteiger partial charge in [0.15, 0.2) is 0 Å². The maximum absolute atomic E-state index is 12.8. The van der Waals surface area contributed by atoms with E-state index >= 15 is 0 Å². The number of ether oxygens (including phenoxy) is 1. The van der Waals surface area contributed by atoms with Crippen LogP contribution in [0.5, 0.6) is 5.75 Å². The zero-order chi connectivity index (χ0) is 21.3. The average Bonchev–Trinajstić information content (AvgIpc) is 2.75. The van der Waals surface area contributed by atoms with Crippen LogP contribution in [0.4, 0.5) is 5.69 Å². The van der Waals surface area contributed by atoms with Gasteiger partial charge in [0.1, 0.15) is 16.9 Å². The van der Waals surface area contributed by atoms with Gasteiger partial charge in [-0.1, -0.05) is 18.2 Å². The van der Waals surface area contributed by atoms with Gasteiger partial charge in [-0.05, 0) is 66.9 Å². The lowest BCUT2D eigenvalue weighted by molar-refractivity contribution is -0.111. The Bertz CT molecular complexity index is 1350. The number of anilines is 1. The molecule has 30 heavy (non-hydrogen) atoms. The highest BCUT2D eigenvalue weighted by Gasteiger charge is 2.11. The molecule has 150 valence electrons. The third kappa shape index (κ3) is 3.70. The molecule has 5 nitrogen and oxygen atoms in total. The number of rotatable bonds is 4. The summed E-state index contributed by atoms with van der Waals surface area (Å²) in [5.41, 5.74) is 4.37. The fourth-order valence-electron chi connectivity index (χ4n) is 3.30. The Hall–Kier alpha value is -3.86. The molecular formula is C25H21NO4. The topological polar surface area (TPSA) is 68.5 Å². The van der Waals surface area contributed by atoms with Crippen molar-refractivity contribution in [3.63, 3.8) is 0 Å². The second-order valence-electron chi connectivity index (χ2n) is 7.12. The predicted octanol–water partition coefficient (Wildman–Crippen LogP) is 5.22. The molecule has 0 atom stereocenters. The Kier molecular flexibility index (Phi) is 5.11. The molecule has 0 bridgehead atoms. The summed E-state index contributed by atoms with van der Waals surface area (Å²) < 4.78 is 11.2. The summed E-state index contributed by atoms with van der Waals surface area (Å²) in [6.07, 6.45) is 3.17. The number of hydrogen-bond acceptors (Lipinski definition) is 4. The molecule has 0 spiro atoms. The zero-order valence-corrected chi connectivity index (χ0v) is 17.0. The lowest BCUT2D eigenvalue weighted by Crippen LogP contribution is -2.08. The highest BCUT2D eigenvalue weighted by molar-refractivity contribution is 6.03. The molecule has 4 rings (SSSR count). The Balaban J connectivity index is 1.62. The maximum atomic E-state index is 12.8. The molecule has 0 saturated heterocycles. The van der Waals surface area contributed by atoms with Crippen LogP contribution in [0, 0.1) is 13.8 Å². The van der Waals surface area contributed by atoms with E-state index in [1.807, 2.05) is 44.2 Å². The highest BCUT2D eigenvalue weighted by atomic mass is 16.5. The van der Waals surface area contributed by atoms with Crippen LogP contribution in [0.3, 0.4) is 0 Å². The lowest BCUT2D eigenvalue weighted by atomic mass is 10.0. The number of methoxy groups -OCH3 is 1. The van der Waals surface area contributed by atoms with Crippen molar-refractivity contribution in [3.05, 3.63) is 87.6 Å². The summed E-state index contributed by atoms with van der Waals surface area (Å²) in [5.74, 6) is 0.479. The van der Waals surface area contributed by atoms with E-state index in [2.05, 4.69) is 5.32 Å². The highest BCUT2D eigenvalue weighted by Crippen LogP contribution is 2.25. The maximum Gasteiger partial charge on any atom is 0.248 e. The monoisotopic (exact) mass is 399 g/mol. The summed E-state index contributed by atoms with van der Waals surface area (Å²) in [7, 11) is 1.61. The number of hydrogen-bond donors (Lipinski definition) is 1. The molecule has 4 aromatic rings. The van der Waals surface area contributed by atoms with Gasteiger partial charge in [0.05, 0.1) is 17.9 Å². The summed E-state index contributed by atoms with van der Waals surface area (Å²) >= 11 is 0. The summed E-state index contributed by atoms with van der Waals surface area (Å²) in [5, 5.41) is 3.85. The first-order valence-electron chi connectivity index (χ1n) is 9.56. The molecule has 0 aliphatic heterocycles. The number of benzene rings is 3. The van der Waals surface area contributed by atoms with Gasteiger partial charge < -0.3 is 14.5 Å². The summed E-state index contributed by atoms with van der Waals surface area (Å²) in [6.45, 7) is 3.91. The van der Waals surface area contributed by atoms with Crippen molar-refractivity contribution < 1.29 is 13.9 Å². The van der Waals surface area contributed by atoms with Gasteiger partial charge in [-0.15, -0.1) is 0 Å². The Morgan fingerprint density at radius 3 is 2.47 bits per heavy atom. The van der Waals surface area contributed by atoms with Crippen LogP contribution >= 0.6 is 0 Å². The molecule has 1 heterocycles. The zero-order valence-electron chi connectivity index (χ0n) is 17.0. The van der Waals surface area contributed by atoms with Gasteiger partial charge in [0.25, 0.3) is 0 Å². The summed E-state index contributed by atoms with van der Waals surface area (Å²) in [4.78, 5) is 25.1. The Morgan fingerprint density at radius 1 is 1.00 bits per heavy atom. The number of carbonyl (C=O) groups excluding carboxylic acids is 1. The molecule has 0 unspecified atom stereocenters. The molecule has 5 heteroatoms. The second-order valence-corrected chi connectivity index (χ2v) is 7.12. The van der Waals surface area contributed by atoms with E-state index in [1.165, 1.54) is 6.08 Å². The minimum absolute atomic E-state index is 0.0772. The minimum atomic E-state index is -0.277. The van der Waals surface area contributed by atoms with Crippen LogP contribution in [0.15, 0.2) is 69.9 Å². The lowest BCUT2D eigenvalue weighted by Gasteiger charge is -2.08. The van der Waals surface area contributed by atoms with Gasteiger partial charge in [-0.25, -0.2) is 0 Å². The minimum Gasteiger partial charge on any atom is -0.497 e. The molecule has 1 N–H and O–H groups in total. The SMILES string of the molecule is COc1ccc(/C=C/C(=O)Nc2ccc3c(=O)c4ccc(C)c(C)c4oc3c2)cc1. The van der Waals surface area contributed by atoms with Crippen LogP contribution in [0.1, 0.15) is 16.7 Å². The van der Waals surface area contributed by atoms with Gasteiger partial charge in [-0.2, -0.15) is 0 Å². The van der Waals surface area contributed by atoms with Gasteiger partial charge >= 0.3 is 0 Å². The van der Waals surface area contributed by atoms with Crippen molar-refractivity contribution in [1.29, 1.82) is 0 Å². The van der Waals surface area contributed by atoms with Crippen molar-refractivity contribution in [3.8, 4) is 5.75 Å². The number of amides is 1. The van der Waals surface area contributed by atoms with Crippen molar-refractivity contribution in [2.75, 3.05) is 12.4 Å². The third-order valence-electron chi connectivity index (χ3n) is 5.17. The van der Waals surface area contributed by atoms with E-state index in [0.717, 1.165) is 22.4 Å². The molecule has 1 amide bonds. The number of nitrogens with one attached hydrogen (secondary N) is 1.